The molecular formula is C18H36Li2N4O8P2S2. The number of hydrogen-bond donors (Lipinski definition) is 4. The topological polar surface area (TPSA) is 170 Å². The molecule has 2 atom stereocenters. The monoisotopic (exact) mass is 576 g/mol. The zero-order valence-corrected chi connectivity index (χ0v) is 25.0. The zero-order valence-electron chi connectivity index (χ0n) is 21.6. The molecule has 36 heavy (non-hydrogen) atoms. The van der Waals surface area contributed by atoms with Crippen molar-refractivity contribution in [2.75, 3.05) is 52.5 Å². The van der Waals surface area contributed by atoms with E-state index in [-0.39, 0.29) is 62.7 Å². The van der Waals surface area contributed by atoms with Crippen LogP contribution < -0.4 is 58.1 Å². The predicted molar refractivity (Wildman–Crippen MR) is 131 cm³/mol. The van der Waals surface area contributed by atoms with Crippen molar-refractivity contribution < 1.29 is 75.9 Å². The number of nitrogens with zero attached hydrogens (tertiary/aromatic N) is 2. The van der Waals surface area contributed by atoms with Crippen molar-refractivity contribution >= 4 is 48.9 Å². The summed E-state index contributed by atoms with van der Waals surface area (Å²) in [7, 11) is 0. The van der Waals surface area contributed by atoms with E-state index in [2.05, 4.69) is 43.3 Å². The van der Waals surface area contributed by atoms with Gasteiger partial charge in [0.2, 0.25) is 11.8 Å². The van der Waals surface area contributed by atoms with Gasteiger partial charge in [0, 0.05) is 65.2 Å². The van der Waals surface area contributed by atoms with Crippen molar-refractivity contribution in [3.63, 3.8) is 0 Å². The Bertz CT molecular complexity index is 682. The van der Waals surface area contributed by atoms with Crippen LogP contribution in [0.15, 0.2) is 0 Å². The summed E-state index contributed by atoms with van der Waals surface area (Å²) in [6.07, 6.45) is 4.36. The zero-order chi connectivity index (χ0) is 25.8. The molecule has 0 aromatic rings. The summed E-state index contributed by atoms with van der Waals surface area (Å²) in [6.45, 7) is -0.726. The number of hydrogen-bond acceptors (Lipinski definition) is 10. The van der Waals surface area contributed by atoms with E-state index in [1.807, 2.05) is 9.80 Å². The second kappa shape index (κ2) is 20.1. The molecule has 2 fully saturated rings. The van der Waals surface area contributed by atoms with Crippen LogP contribution >= 0.6 is 13.4 Å². The van der Waals surface area contributed by atoms with Gasteiger partial charge >= 0.3 is 37.7 Å². The molecule has 0 bridgehead atoms. The Kier molecular flexibility index (Phi) is 21.9. The van der Waals surface area contributed by atoms with Gasteiger partial charge in [0.25, 0.3) is 0 Å². The molecule has 18 heteroatoms. The molecule has 4 N–H and O–H groups in total. The number of nitrogens with one attached hydrogen (secondary N) is 2. The van der Waals surface area contributed by atoms with E-state index in [9.17, 15) is 19.4 Å². The van der Waals surface area contributed by atoms with Crippen LogP contribution in [0.3, 0.4) is 0 Å². The van der Waals surface area contributed by atoms with Gasteiger partial charge in [0.1, 0.15) is 13.4 Å². The minimum Gasteiger partial charge on any atom is -0.780 e. The average Bonchev–Trinajstić information content (AvgIpc) is 3.58. The summed E-state index contributed by atoms with van der Waals surface area (Å²) in [4.78, 5) is 64.8. The second-order valence-electron chi connectivity index (χ2n) is 7.99. The molecule has 200 valence electrons. The van der Waals surface area contributed by atoms with Gasteiger partial charge in [-0.05, 0) is 25.7 Å². The molecule has 0 aromatic heterocycles. The molecule has 0 heterocycles. The Labute approximate surface area is 248 Å². The Morgan fingerprint density at radius 2 is 1.11 bits per heavy atom. The molecule has 2 unspecified atom stereocenters. The largest absolute Gasteiger partial charge is 1.00 e. The van der Waals surface area contributed by atoms with Crippen LogP contribution in [0.5, 0.6) is 0 Å². The van der Waals surface area contributed by atoms with Crippen LogP contribution in [0.1, 0.15) is 39.5 Å². The quantitative estimate of drug-likeness (QED) is 0.0779. The fraction of sp³-hybridized carbons (Fsp3) is 0.889. The fourth-order valence-electron chi connectivity index (χ4n) is 3.08. The summed E-state index contributed by atoms with van der Waals surface area (Å²) in [5.74, 6) is 0.187. The maximum Gasteiger partial charge on any atom is 1.00 e. The van der Waals surface area contributed by atoms with E-state index < -0.39 is 13.4 Å². The van der Waals surface area contributed by atoms with Crippen molar-refractivity contribution in [2.24, 2.45) is 0 Å². The van der Waals surface area contributed by atoms with Gasteiger partial charge in [-0.1, -0.05) is 23.6 Å². The van der Waals surface area contributed by atoms with Crippen molar-refractivity contribution in [1.29, 1.82) is 0 Å². The molecular weight excluding hydrogens is 540 g/mol. The molecule has 0 aliphatic heterocycles. The van der Waals surface area contributed by atoms with Crippen LogP contribution in [0.4, 0.5) is 0 Å². The maximum absolute atomic E-state index is 11.3. The maximum atomic E-state index is 11.3. The smallest absolute Gasteiger partial charge is 0.780 e. The molecule has 0 radical (unpaired) electrons. The summed E-state index contributed by atoms with van der Waals surface area (Å²) in [5.41, 5.74) is 0. The van der Waals surface area contributed by atoms with Gasteiger partial charge in [0.05, 0.1) is 13.2 Å². The Balaban J connectivity index is 0. The van der Waals surface area contributed by atoms with Crippen LogP contribution in [0.2, 0.25) is 0 Å². The summed E-state index contributed by atoms with van der Waals surface area (Å²) in [6, 6.07) is 0.826. The summed E-state index contributed by atoms with van der Waals surface area (Å²) >= 11 is 8.38. The number of carbonyl (C=O) groups is 2. The van der Waals surface area contributed by atoms with Crippen molar-refractivity contribution in [2.45, 2.75) is 51.6 Å². The molecule has 0 saturated heterocycles. The second-order valence-corrected chi connectivity index (χ2v) is 13.2. The minimum absolute atomic E-state index is 0. The summed E-state index contributed by atoms with van der Waals surface area (Å²) in [5, 5.41) is 6.06. The van der Waals surface area contributed by atoms with E-state index in [4.69, 9.17) is 9.79 Å². The Hall–Kier alpha value is 1.11. The summed E-state index contributed by atoms with van der Waals surface area (Å²) < 4.78 is 9.05. The fourth-order valence-corrected chi connectivity index (χ4v) is 4.17. The number of carbonyl (C=O) groups excluding carboxylic acids is 2. The third kappa shape index (κ3) is 22.0. The Morgan fingerprint density at radius 1 is 0.806 bits per heavy atom. The first-order valence-electron chi connectivity index (χ1n) is 11.1. The van der Waals surface area contributed by atoms with Crippen LogP contribution in [0, 0.1) is 0 Å². The molecule has 2 rings (SSSR count). The van der Waals surface area contributed by atoms with Gasteiger partial charge in [-0.15, -0.1) is 0 Å². The SMILES string of the molecule is CC(=O)N(CCNCCOP([O-])(O)=S)C1CC1.CC(=O)N(CCNCCOP([O-])(O)=S)C1CC1.[Li+].[Li+]. The van der Waals surface area contributed by atoms with Gasteiger partial charge in [0.15, 0.2) is 0 Å². The predicted octanol–water partition coefficient (Wildman–Crippen LogP) is -7.63. The first-order chi connectivity index (χ1) is 15.8. The van der Waals surface area contributed by atoms with Crippen LogP contribution in [0.25, 0.3) is 0 Å². The first kappa shape index (κ1) is 39.3. The molecule has 2 aliphatic carbocycles. The van der Waals surface area contributed by atoms with E-state index in [1.165, 1.54) is 0 Å². The van der Waals surface area contributed by atoms with E-state index in [1.54, 1.807) is 13.8 Å². The van der Waals surface area contributed by atoms with Crippen molar-refractivity contribution in [3.8, 4) is 0 Å². The standard InChI is InChI=1S/2C9H19N2O4PS.2Li/c2*1-8(12)11(9-2-3-9)6-4-10-5-7-15-16(13,14)17;;/h2*9-10H,2-7H2,1H3,(H2,13,14,17);;/q;;2*+1/p-2. The van der Waals surface area contributed by atoms with Gasteiger partial charge < -0.3 is 49.1 Å². The van der Waals surface area contributed by atoms with Crippen molar-refractivity contribution in [1.82, 2.24) is 20.4 Å². The first-order valence-corrected chi connectivity index (χ1v) is 16.3. The van der Waals surface area contributed by atoms with E-state index in [0.717, 1.165) is 25.7 Å². The van der Waals surface area contributed by atoms with Gasteiger partial charge in [-0.3, -0.25) is 9.59 Å². The van der Waals surface area contributed by atoms with Crippen LogP contribution in [-0.4, -0.2) is 96.0 Å². The Morgan fingerprint density at radius 3 is 1.33 bits per heavy atom. The average molecular weight is 576 g/mol. The normalized spacial score (nSPS) is 17.7. The van der Waals surface area contributed by atoms with Crippen LogP contribution in [-0.2, 0) is 42.3 Å². The molecule has 2 aliphatic rings. The number of amides is 2. The van der Waals surface area contributed by atoms with Gasteiger partial charge in [-0.2, -0.15) is 0 Å². The van der Waals surface area contributed by atoms with Gasteiger partial charge in [-0.25, -0.2) is 0 Å². The minimum atomic E-state index is -3.78. The third-order valence-corrected chi connectivity index (χ3v) is 6.56. The van der Waals surface area contributed by atoms with Crippen molar-refractivity contribution in [3.05, 3.63) is 0 Å². The third-order valence-electron chi connectivity index (χ3n) is 4.91. The number of rotatable bonds is 16. The molecule has 0 aromatic carbocycles. The molecule has 2 amide bonds. The molecule has 0 spiro atoms. The van der Waals surface area contributed by atoms with E-state index >= 15 is 0 Å². The van der Waals surface area contributed by atoms with E-state index in [0.29, 0.717) is 51.4 Å². The molecule has 12 nitrogen and oxygen atoms in total. The molecule has 2 saturated carbocycles.